The summed E-state index contributed by atoms with van der Waals surface area (Å²) in [5.74, 6) is -1.32. The third-order valence-corrected chi connectivity index (χ3v) is 2.99. The number of hydrogen-bond donors (Lipinski definition) is 4. The molecule has 108 valence electrons. The lowest BCUT2D eigenvalue weighted by Crippen LogP contribution is -2.51. The molecule has 2 unspecified atom stereocenters. The molecule has 0 aliphatic carbocycles. The lowest BCUT2D eigenvalue weighted by Gasteiger charge is -2.27. The van der Waals surface area contributed by atoms with Crippen LogP contribution in [0, 0.1) is 0 Å². The normalized spacial score (nSPS) is 19.8. The maximum absolute atomic E-state index is 11.9. The van der Waals surface area contributed by atoms with E-state index in [0.29, 0.717) is 5.75 Å². The maximum Gasteiger partial charge on any atom is 0.337 e. The second-order valence-corrected chi connectivity index (χ2v) is 4.78. The summed E-state index contributed by atoms with van der Waals surface area (Å²) >= 11 is 0. The molecule has 0 radical (unpaired) electrons. The zero-order valence-electron chi connectivity index (χ0n) is 10.9. The SMILES string of the molecule is CC(O)(CNC(=O)C1CNc2ccccc2O1)C(=O)O. The van der Waals surface area contributed by atoms with Crippen LogP contribution in [-0.2, 0) is 9.59 Å². The molecule has 1 amide bonds. The Morgan fingerprint density at radius 3 is 2.90 bits per heavy atom. The molecule has 2 atom stereocenters. The average molecular weight is 280 g/mol. The molecule has 1 aromatic rings. The molecule has 0 spiro atoms. The van der Waals surface area contributed by atoms with Gasteiger partial charge in [0, 0.05) is 0 Å². The molecule has 1 aliphatic rings. The first kappa shape index (κ1) is 14.1. The summed E-state index contributed by atoms with van der Waals surface area (Å²) in [5, 5.41) is 23.7. The van der Waals surface area contributed by atoms with E-state index in [0.717, 1.165) is 12.6 Å². The van der Waals surface area contributed by atoms with E-state index in [1.54, 1.807) is 12.1 Å². The van der Waals surface area contributed by atoms with E-state index in [1.807, 2.05) is 12.1 Å². The number of hydrogen-bond acceptors (Lipinski definition) is 5. The zero-order valence-corrected chi connectivity index (χ0v) is 10.9. The van der Waals surface area contributed by atoms with E-state index in [4.69, 9.17) is 9.84 Å². The van der Waals surface area contributed by atoms with Gasteiger partial charge in [0.15, 0.2) is 11.7 Å². The van der Waals surface area contributed by atoms with Gasteiger partial charge in [0.2, 0.25) is 0 Å². The van der Waals surface area contributed by atoms with Crippen LogP contribution in [0.2, 0.25) is 0 Å². The van der Waals surface area contributed by atoms with E-state index >= 15 is 0 Å². The smallest absolute Gasteiger partial charge is 0.337 e. The Balaban J connectivity index is 1.94. The lowest BCUT2D eigenvalue weighted by atomic mass is 10.1. The molecule has 7 nitrogen and oxygen atoms in total. The van der Waals surface area contributed by atoms with E-state index < -0.39 is 23.6 Å². The molecule has 7 heteroatoms. The van der Waals surface area contributed by atoms with Gasteiger partial charge in [-0.25, -0.2) is 4.79 Å². The van der Waals surface area contributed by atoms with Crippen molar-refractivity contribution in [2.75, 3.05) is 18.4 Å². The highest BCUT2D eigenvalue weighted by molar-refractivity contribution is 5.84. The predicted octanol–water partition coefficient (Wildman–Crippen LogP) is -0.189. The van der Waals surface area contributed by atoms with Gasteiger partial charge >= 0.3 is 5.97 Å². The number of para-hydroxylation sites is 2. The molecule has 2 rings (SSSR count). The molecule has 1 heterocycles. The number of aliphatic carboxylic acids is 1. The second kappa shape index (κ2) is 5.38. The standard InChI is InChI=1S/C13H16N2O5/c1-13(19,12(17)18)7-15-11(16)10-6-14-8-4-2-3-5-9(8)20-10/h2-5,10,14,19H,6-7H2,1H3,(H,15,16)(H,17,18). The molecule has 4 N–H and O–H groups in total. The molecule has 0 fully saturated rings. The second-order valence-electron chi connectivity index (χ2n) is 4.78. The van der Waals surface area contributed by atoms with E-state index in [2.05, 4.69) is 10.6 Å². The Hall–Kier alpha value is -2.28. The lowest BCUT2D eigenvalue weighted by molar-refractivity contribution is -0.156. The molecule has 0 bridgehead atoms. The van der Waals surface area contributed by atoms with Crippen molar-refractivity contribution in [1.82, 2.24) is 5.32 Å². The third kappa shape index (κ3) is 3.00. The number of nitrogens with one attached hydrogen (secondary N) is 2. The minimum atomic E-state index is -2.00. The van der Waals surface area contributed by atoms with Gasteiger partial charge in [0.1, 0.15) is 5.75 Å². The van der Waals surface area contributed by atoms with E-state index in [-0.39, 0.29) is 13.1 Å². The van der Waals surface area contributed by atoms with Gasteiger partial charge in [-0.2, -0.15) is 0 Å². The average Bonchev–Trinajstić information content (AvgIpc) is 2.44. The van der Waals surface area contributed by atoms with E-state index in [1.165, 1.54) is 0 Å². The van der Waals surface area contributed by atoms with Crippen molar-refractivity contribution in [1.29, 1.82) is 0 Å². The van der Waals surface area contributed by atoms with Crippen molar-refractivity contribution in [3.63, 3.8) is 0 Å². The van der Waals surface area contributed by atoms with Gasteiger partial charge in [-0.1, -0.05) is 12.1 Å². The largest absolute Gasteiger partial charge is 0.479 e. The Morgan fingerprint density at radius 1 is 1.50 bits per heavy atom. The fourth-order valence-corrected chi connectivity index (χ4v) is 1.71. The fraction of sp³-hybridized carbons (Fsp3) is 0.385. The van der Waals surface area contributed by atoms with Crippen LogP contribution in [0.3, 0.4) is 0 Å². The summed E-state index contributed by atoms with van der Waals surface area (Å²) in [4.78, 5) is 22.6. The number of carboxylic acid groups (broad SMARTS) is 1. The topological polar surface area (TPSA) is 108 Å². The maximum atomic E-state index is 11.9. The van der Waals surface area contributed by atoms with Gasteiger partial charge in [0.25, 0.3) is 5.91 Å². The quantitative estimate of drug-likeness (QED) is 0.609. The van der Waals surface area contributed by atoms with Crippen LogP contribution in [0.5, 0.6) is 5.75 Å². The minimum Gasteiger partial charge on any atom is -0.479 e. The minimum absolute atomic E-state index is 0.276. The summed E-state index contributed by atoms with van der Waals surface area (Å²) in [6, 6.07) is 7.20. The van der Waals surface area contributed by atoms with Crippen molar-refractivity contribution in [3.05, 3.63) is 24.3 Å². The van der Waals surface area contributed by atoms with Gasteiger partial charge < -0.3 is 25.6 Å². The number of carbonyl (C=O) groups is 2. The van der Waals surface area contributed by atoms with E-state index in [9.17, 15) is 14.7 Å². The first-order valence-corrected chi connectivity index (χ1v) is 6.13. The molecular weight excluding hydrogens is 264 g/mol. The number of fused-ring (bicyclic) bond motifs is 1. The molecular formula is C13H16N2O5. The predicted molar refractivity (Wildman–Crippen MR) is 70.6 cm³/mol. The number of anilines is 1. The Labute approximate surface area is 115 Å². The molecule has 0 aromatic heterocycles. The van der Waals surface area contributed by atoms with Crippen LogP contribution in [0.25, 0.3) is 0 Å². The van der Waals surface area contributed by atoms with Crippen LogP contribution >= 0.6 is 0 Å². The highest BCUT2D eigenvalue weighted by atomic mass is 16.5. The van der Waals surface area contributed by atoms with Crippen molar-refractivity contribution < 1.29 is 24.5 Å². The van der Waals surface area contributed by atoms with Crippen molar-refractivity contribution in [3.8, 4) is 5.75 Å². The van der Waals surface area contributed by atoms with Crippen molar-refractivity contribution in [2.24, 2.45) is 0 Å². The number of amides is 1. The number of benzene rings is 1. The Bertz CT molecular complexity index is 529. The molecule has 1 aromatic carbocycles. The van der Waals surface area contributed by atoms with Gasteiger partial charge in [0.05, 0.1) is 18.8 Å². The fourth-order valence-electron chi connectivity index (χ4n) is 1.71. The number of ether oxygens (including phenoxy) is 1. The zero-order chi connectivity index (χ0) is 14.8. The summed E-state index contributed by atoms with van der Waals surface area (Å²) in [5.41, 5.74) is -1.20. The third-order valence-electron chi connectivity index (χ3n) is 2.99. The number of carbonyl (C=O) groups excluding carboxylic acids is 1. The summed E-state index contributed by atoms with van der Waals surface area (Å²) in [6.45, 7) is 1.01. The van der Waals surface area contributed by atoms with Gasteiger partial charge in [-0.3, -0.25) is 4.79 Å². The monoisotopic (exact) mass is 280 g/mol. The molecule has 20 heavy (non-hydrogen) atoms. The Kier molecular flexibility index (Phi) is 3.80. The highest BCUT2D eigenvalue weighted by Gasteiger charge is 2.32. The first-order chi connectivity index (χ1) is 9.40. The van der Waals surface area contributed by atoms with Crippen LogP contribution in [0.1, 0.15) is 6.92 Å². The van der Waals surface area contributed by atoms with Gasteiger partial charge in [-0.15, -0.1) is 0 Å². The van der Waals surface area contributed by atoms with Gasteiger partial charge in [-0.05, 0) is 19.1 Å². The number of aliphatic hydroxyl groups is 1. The van der Waals surface area contributed by atoms with Crippen molar-refractivity contribution >= 4 is 17.6 Å². The summed E-state index contributed by atoms with van der Waals surface area (Å²) in [6.07, 6.45) is -0.769. The summed E-state index contributed by atoms with van der Waals surface area (Å²) in [7, 11) is 0. The molecule has 1 aliphatic heterocycles. The Morgan fingerprint density at radius 2 is 2.20 bits per heavy atom. The highest BCUT2D eigenvalue weighted by Crippen LogP contribution is 2.28. The first-order valence-electron chi connectivity index (χ1n) is 6.13. The van der Waals surface area contributed by atoms with Crippen LogP contribution in [0.15, 0.2) is 24.3 Å². The molecule has 0 saturated carbocycles. The molecule has 0 saturated heterocycles. The van der Waals surface area contributed by atoms with Crippen LogP contribution in [-0.4, -0.2) is 46.9 Å². The van der Waals surface area contributed by atoms with Crippen molar-refractivity contribution in [2.45, 2.75) is 18.6 Å². The van der Waals surface area contributed by atoms with Crippen LogP contribution in [0.4, 0.5) is 5.69 Å². The van der Waals surface area contributed by atoms with Crippen LogP contribution < -0.4 is 15.4 Å². The number of rotatable bonds is 4. The number of carboxylic acids is 1. The summed E-state index contributed by atoms with van der Waals surface area (Å²) < 4.78 is 5.52.